The van der Waals surface area contributed by atoms with Crippen LogP contribution in [-0.4, -0.2) is 34.8 Å². The summed E-state index contributed by atoms with van der Waals surface area (Å²) in [6.07, 6.45) is -0.199. The van der Waals surface area contributed by atoms with Gasteiger partial charge in [-0.05, 0) is 24.3 Å². The Hall–Kier alpha value is -0.353. The fraction of sp³-hybridized carbons (Fsp3) is 0.833. The molecule has 0 radical (unpaired) electrons. The van der Waals surface area contributed by atoms with Crippen molar-refractivity contribution in [2.75, 3.05) is 6.61 Å². The molecule has 0 bridgehead atoms. The summed E-state index contributed by atoms with van der Waals surface area (Å²) in [6.45, 7) is 3.68. The second-order valence-corrected chi connectivity index (χ2v) is 1.84. The Morgan fingerprint density at radius 1 is 1.70 bits per heavy atom. The molecule has 0 fully saturated rings. The minimum Gasteiger partial charge on any atom is -0.464 e. The van der Waals surface area contributed by atoms with Crippen LogP contribution in [0.5, 0.6) is 0 Å². The minimum absolute atomic E-state index is 0. The second kappa shape index (κ2) is 6.76. The van der Waals surface area contributed by atoms with Crippen molar-refractivity contribution >= 4 is 16.9 Å². The summed E-state index contributed by atoms with van der Waals surface area (Å²) in [4.78, 5) is 10.4. The van der Waals surface area contributed by atoms with Gasteiger partial charge < -0.3 is 9.84 Å². The van der Waals surface area contributed by atoms with Gasteiger partial charge >= 0.3 is 5.97 Å². The molecule has 0 aromatic carbocycles. The Kier molecular flexibility index (Phi) is 8.34. The molecule has 1 N–H and O–H groups in total. The quantitative estimate of drug-likeness (QED) is 0.424. The third-order valence-electron chi connectivity index (χ3n) is 0.790. The van der Waals surface area contributed by atoms with Gasteiger partial charge in [0.2, 0.25) is 0 Å². The van der Waals surface area contributed by atoms with E-state index in [1.165, 1.54) is 6.92 Å². The number of carbonyl (C=O) groups is 1. The smallest absolute Gasteiger partial charge is 0.334 e. The number of esters is 1. The number of carbonyl (C=O) groups excluding carboxylic acids is 1. The van der Waals surface area contributed by atoms with E-state index in [2.05, 4.69) is 4.74 Å². The molecule has 0 aliphatic heterocycles. The average molecular weight is 164 g/mol. The van der Waals surface area contributed by atoms with Crippen LogP contribution in [0.3, 0.4) is 0 Å². The highest BCUT2D eigenvalue weighted by Crippen LogP contribution is 1.87. The lowest BCUT2D eigenvalue weighted by molar-refractivity contribution is -0.152. The van der Waals surface area contributed by atoms with Crippen LogP contribution in [0.1, 0.15) is 20.3 Å². The largest absolute Gasteiger partial charge is 0.464 e. The third kappa shape index (κ3) is 5.78. The maximum atomic E-state index is 10.4. The van der Waals surface area contributed by atoms with Crippen molar-refractivity contribution in [1.29, 1.82) is 0 Å². The molecule has 1 unspecified atom stereocenters. The number of aliphatic hydroxyl groups is 1. The molecule has 0 heterocycles. The van der Waals surface area contributed by atoms with Crippen LogP contribution in [0.2, 0.25) is 0 Å². The molecular formula is C6H16O3Si. The van der Waals surface area contributed by atoms with Crippen molar-refractivity contribution in [1.82, 2.24) is 0 Å². The zero-order valence-corrected chi connectivity index (χ0v) is 5.76. The number of rotatable bonds is 3. The van der Waals surface area contributed by atoms with E-state index in [0.717, 1.165) is 6.42 Å². The lowest BCUT2D eigenvalue weighted by Gasteiger charge is -2.03. The monoisotopic (exact) mass is 164 g/mol. The maximum Gasteiger partial charge on any atom is 0.334 e. The number of hydrogen-bond donors (Lipinski definition) is 1. The van der Waals surface area contributed by atoms with Crippen molar-refractivity contribution in [3.05, 3.63) is 0 Å². The summed E-state index contributed by atoms with van der Waals surface area (Å²) >= 11 is 0. The van der Waals surface area contributed by atoms with Gasteiger partial charge in [-0.15, -0.1) is 0 Å². The predicted octanol–water partition coefficient (Wildman–Crippen LogP) is -1.13. The first kappa shape index (κ1) is 12.3. The molecule has 0 aromatic heterocycles. The highest BCUT2D eigenvalue weighted by Gasteiger charge is 2.07. The topological polar surface area (TPSA) is 46.5 Å². The molecule has 0 rings (SSSR count). The van der Waals surface area contributed by atoms with Gasteiger partial charge in [-0.3, -0.25) is 0 Å². The first-order valence-corrected chi connectivity index (χ1v) is 3.03. The molecular weight excluding hydrogens is 148 g/mol. The molecule has 0 saturated heterocycles. The summed E-state index contributed by atoms with van der Waals surface area (Å²) in [5.74, 6) is -0.545. The van der Waals surface area contributed by atoms with Gasteiger partial charge in [-0.1, -0.05) is 6.92 Å². The van der Waals surface area contributed by atoms with Crippen molar-refractivity contribution < 1.29 is 14.6 Å². The van der Waals surface area contributed by atoms with Crippen LogP contribution < -0.4 is 0 Å². The Balaban J connectivity index is 0. The van der Waals surface area contributed by atoms with Crippen molar-refractivity contribution in [2.24, 2.45) is 0 Å². The van der Waals surface area contributed by atoms with Gasteiger partial charge in [0.15, 0.2) is 0 Å². The highest BCUT2D eigenvalue weighted by molar-refractivity contribution is 5.75. The molecule has 4 heteroatoms. The molecule has 0 amide bonds. The Morgan fingerprint density at radius 2 is 2.20 bits per heavy atom. The van der Waals surface area contributed by atoms with Crippen LogP contribution in [0.15, 0.2) is 0 Å². The lowest BCUT2D eigenvalue weighted by Crippen LogP contribution is -2.19. The van der Waals surface area contributed by atoms with Gasteiger partial charge in [0.1, 0.15) is 6.10 Å². The van der Waals surface area contributed by atoms with E-state index in [1.54, 1.807) is 0 Å². The summed E-state index contributed by atoms with van der Waals surface area (Å²) < 4.78 is 4.56. The fourth-order valence-electron chi connectivity index (χ4n) is 0.323. The number of ether oxygens (including phenoxy) is 1. The average Bonchev–Trinajstić information content (AvgIpc) is 1.82. The van der Waals surface area contributed by atoms with E-state index < -0.39 is 12.1 Å². The van der Waals surface area contributed by atoms with E-state index in [0.29, 0.717) is 6.61 Å². The van der Waals surface area contributed by atoms with Crippen LogP contribution in [0.4, 0.5) is 0 Å². The summed E-state index contributed by atoms with van der Waals surface area (Å²) in [6, 6.07) is 0. The first-order chi connectivity index (χ1) is 4.18. The highest BCUT2D eigenvalue weighted by atomic mass is 28.1. The molecule has 62 valence electrons. The lowest BCUT2D eigenvalue weighted by atomic mass is 10.4. The second-order valence-electron chi connectivity index (χ2n) is 1.84. The zero-order chi connectivity index (χ0) is 7.28. The number of aliphatic hydroxyl groups excluding tert-OH is 1. The van der Waals surface area contributed by atoms with Crippen molar-refractivity contribution in [2.45, 2.75) is 26.4 Å². The van der Waals surface area contributed by atoms with Gasteiger partial charge in [0.25, 0.3) is 0 Å². The number of hydrogen-bond acceptors (Lipinski definition) is 3. The molecule has 0 spiro atoms. The van der Waals surface area contributed by atoms with Crippen LogP contribution in [0.25, 0.3) is 0 Å². The Bertz CT molecular complexity index is 93.0. The Labute approximate surface area is 65.4 Å². The maximum absolute atomic E-state index is 10.4. The normalized spacial score (nSPS) is 11.5. The van der Waals surface area contributed by atoms with E-state index >= 15 is 0 Å². The van der Waals surface area contributed by atoms with E-state index in [9.17, 15) is 4.79 Å². The van der Waals surface area contributed by atoms with Crippen LogP contribution in [-0.2, 0) is 9.53 Å². The van der Waals surface area contributed by atoms with Crippen molar-refractivity contribution in [3.63, 3.8) is 0 Å². The van der Waals surface area contributed by atoms with Gasteiger partial charge in [-0.25, -0.2) is 4.79 Å². The molecule has 0 aromatic rings. The van der Waals surface area contributed by atoms with Crippen molar-refractivity contribution in [3.8, 4) is 0 Å². The fourth-order valence-corrected chi connectivity index (χ4v) is 0.323. The third-order valence-corrected chi connectivity index (χ3v) is 0.790. The SMILES string of the molecule is CCCOC(=O)C(C)O.[SiH4]. The molecule has 0 saturated carbocycles. The van der Waals surface area contributed by atoms with E-state index in [-0.39, 0.29) is 11.0 Å². The molecule has 0 aliphatic rings. The zero-order valence-electron chi connectivity index (χ0n) is 5.76. The molecule has 3 nitrogen and oxygen atoms in total. The van der Waals surface area contributed by atoms with Crippen LogP contribution in [0, 0.1) is 0 Å². The van der Waals surface area contributed by atoms with Gasteiger partial charge in [0, 0.05) is 0 Å². The van der Waals surface area contributed by atoms with E-state index in [4.69, 9.17) is 5.11 Å². The molecule has 10 heavy (non-hydrogen) atoms. The summed E-state index contributed by atoms with van der Waals surface area (Å²) in [5.41, 5.74) is 0. The van der Waals surface area contributed by atoms with Gasteiger partial charge in [0.05, 0.1) is 6.61 Å². The standard InChI is InChI=1S/C6H12O3.H4Si/c1-3-4-9-6(8)5(2)7;/h5,7H,3-4H2,1-2H3;1H4. The Morgan fingerprint density at radius 3 is 2.50 bits per heavy atom. The first-order valence-electron chi connectivity index (χ1n) is 3.03. The van der Waals surface area contributed by atoms with E-state index in [1.807, 2.05) is 6.92 Å². The molecule has 0 aliphatic carbocycles. The van der Waals surface area contributed by atoms with Crippen LogP contribution >= 0.6 is 0 Å². The molecule has 1 atom stereocenters. The van der Waals surface area contributed by atoms with Gasteiger partial charge in [-0.2, -0.15) is 0 Å². The predicted molar refractivity (Wildman–Crippen MR) is 44.3 cm³/mol. The summed E-state index contributed by atoms with van der Waals surface area (Å²) in [5, 5.41) is 8.57. The minimum atomic E-state index is -0.989. The summed E-state index contributed by atoms with van der Waals surface area (Å²) in [7, 11) is 0.